The third-order valence-corrected chi connectivity index (χ3v) is 6.03. The van der Waals surface area contributed by atoms with E-state index in [4.69, 9.17) is 4.74 Å². The van der Waals surface area contributed by atoms with Crippen molar-refractivity contribution < 1.29 is 24.2 Å². The fourth-order valence-corrected chi connectivity index (χ4v) is 4.72. The van der Waals surface area contributed by atoms with E-state index >= 15 is 0 Å². The second-order valence-electron chi connectivity index (χ2n) is 7.91. The molecule has 0 saturated carbocycles. The largest absolute Gasteiger partial charge is 0.507 e. The first-order valence-corrected chi connectivity index (χ1v) is 10.8. The van der Waals surface area contributed by atoms with E-state index in [-0.39, 0.29) is 17.9 Å². The molecule has 0 aromatic heterocycles. The number of hydrogen-bond acceptors (Lipinski definition) is 5. The van der Waals surface area contributed by atoms with Gasteiger partial charge in [-0.05, 0) is 18.9 Å². The molecule has 0 bridgehead atoms. The van der Waals surface area contributed by atoms with Gasteiger partial charge in [0.2, 0.25) is 0 Å². The molecule has 2 aromatic rings. The number of aliphatic hydroxyl groups is 1. The fraction of sp³-hybridized carbons (Fsp3) is 0.320. The van der Waals surface area contributed by atoms with Crippen molar-refractivity contribution >= 4 is 29.0 Å². The molecule has 1 spiro atoms. The first-order chi connectivity index (χ1) is 15.5. The smallest absolute Gasteiger partial charge is 0.296 e. The van der Waals surface area contributed by atoms with Crippen molar-refractivity contribution in [1.29, 1.82) is 0 Å². The number of amides is 2. The van der Waals surface area contributed by atoms with Gasteiger partial charge in [0.25, 0.3) is 17.6 Å². The second-order valence-corrected chi connectivity index (χ2v) is 7.91. The number of hydrogen-bond donors (Lipinski definition) is 1. The minimum absolute atomic E-state index is 0.143. The van der Waals surface area contributed by atoms with Gasteiger partial charge in [-0.2, -0.15) is 0 Å². The van der Waals surface area contributed by atoms with Crippen molar-refractivity contribution in [3.05, 3.63) is 71.3 Å². The molecule has 2 amide bonds. The van der Waals surface area contributed by atoms with E-state index in [0.29, 0.717) is 42.8 Å². The molecule has 32 heavy (non-hydrogen) atoms. The molecule has 1 unspecified atom stereocenters. The minimum atomic E-state index is -1.70. The summed E-state index contributed by atoms with van der Waals surface area (Å²) in [6, 6.07) is 15.7. The maximum absolute atomic E-state index is 14.1. The van der Waals surface area contributed by atoms with Crippen LogP contribution >= 0.6 is 0 Å². The van der Waals surface area contributed by atoms with Gasteiger partial charge >= 0.3 is 0 Å². The van der Waals surface area contributed by atoms with Gasteiger partial charge in [0.1, 0.15) is 5.76 Å². The Kier molecular flexibility index (Phi) is 5.84. The van der Waals surface area contributed by atoms with Crippen LogP contribution in [-0.2, 0) is 24.7 Å². The van der Waals surface area contributed by atoms with Crippen LogP contribution in [0.4, 0.5) is 5.69 Å². The van der Waals surface area contributed by atoms with Gasteiger partial charge in [-0.25, -0.2) is 0 Å². The third-order valence-electron chi connectivity index (χ3n) is 6.03. The SMILES string of the molecule is CCCN1C(=O)C2(/C(=C(\O)c3ccccc3)C(=O)C(=O)N2CCCOC)c2ccccc21. The first-order valence-electron chi connectivity index (χ1n) is 10.8. The van der Waals surface area contributed by atoms with Crippen LogP contribution in [0.25, 0.3) is 5.76 Å². The Balaban J connectivity index is 2.02. The van der Waals surface area contributed by atoms with Gasteiger partial charge < -0.3 is 19.6 Å². The van der Waals surface area contributed by atoms with Crippen molar-refractivity contribution in [1.82, 2.24) is 4.90 Å². The van der Waals surface area contributed by atoms with E-state index in [2.05, 4.69) is 0 Å². The van der Waals surface area contributed by atoms with Crippen LogP contribution in [0, 0.1) is 0 Å². The molecule has 4 rings (SSSR count). The number of anilines is 1. The van der Waals surface area contributed by atoms with Crippen molar-refractivity contribution in [2.75, 3.05) is 31.7 Å². The number of rotatable bonds is 7. The van der Waals surface area contributed by atoms with E-state index in [9.17, 15) is 19.5 Å². The average molecular weight is 434 g/mol. The summed E-state index contributed by atoms with van der Waals surface area (Å²) in [7, 11) is 1.55. The summed E-state index contributed by atoms with van der Waals surface area (Å²) in [6.45, 7) is 2.90. The summed E-state index contributed by atoms with van der Waals surface area (Å²) in [5.74, 6) is -2.39. The monoisotopic (exact) mass is 434 g/mol. The zero-order chi connectivity index (χ0) is 22.9. The molecule has 7 nitrogen and oxygen atoms in total. The molecule has 2 aliphatic heterocycles. The van der Waals surface area contributed by atoms with Crippen LogP contribution in [0.3, 0.4) is 0 Å². The quantitative estimate of drug-likeness (QED) is 0.313. The number of carbonyl (C=O) groups excluding carboxylic acids is 3. The number of likely N-dealkylation sites (tertiary alicyclic amines) is 1. The lowest BCUT2D eigenvalue weighted by Crippen LogP contribution is -2.52. The van der Waals surface area contributed by atoms with Gasteiger partial charge in [-0.15, -0.1) is 0 Å². The maximum atomic E-state index is 14.1. The zero-order valence-electron chi connectivity index (χ0n) is 18.2. The van der Waals surface area contributed by atoms with Gasteiger partial charge in [0.15, 0.2) is 5.54 Å². The second kappa shape index (κ2) is 8.59. The van der Waals surface area contributed by atoms with Crippen LogP contribution < -0.4 is 4.90 Å². The summed E-state index contributed by atoms with van der Waals surface area (Å²) >= 11 is 0. The van der Waals surface area contributed by atoms with Gasteiger partial charge in [-0.3, -0.25) is 14.4 Å². The van der Waals surface area contributed by atoms with Crippen LogP contribution in [0.5, 0.6) is 0 Å². The van der Waals surface area contributed by atoms with E-state index in [1.54, 1.807) is 54.5 Å². The summed E-state index contributed by atoms with van der Waals surface area (Å²) in [6.07, 6.45) is 1.14. The Bertz CT molecular complexity index is 1090. The highest BCUT2D eigenvalue weighted by atomic mass is 16.5. The van der Waals surface area contributed by atoms with E-state index < -0.39 is 23.1 Å². The Hall–Kier alpha value is -3.45. The molecule has 1 N–H and O–H groups in total. The Morgan fingerprint density at radius 2 is 1.69 bits per heavy atom. The predicted molar refractivity (Wildman–Crippen MR) is 120 cm³/mol. The normalized spacial score (nSPS) is 21.6. The van der Waals surface area contributed by atoms with E-state index in [1.807, 2.05) is 19.1 Å². The molecule has 2 heterocycles. The van der Waals surface area contributed by atoms with Crippen molar-refractivity contribution in [3.63, 3.8) is 0 Å². The lowest BCUT2D eigenvalue weighted by molar-refractivity contribution is -0.143. The minimum Gasteiger partial charge on any atom is -0.507 e. The predicted octanol–water partition coefficient (Wildman–Crippen LogP) is 3.06. The Morgan fingerprint density at radius 3 is 2.38 bits per heavy atom. The van der Waals surface area contributed by atoms with Crippen molar-refractivity contribution in [3.8, 4) is 0 Å². The van der Waals surface area contributed by atoms with Crippen LogP contribution in [0.15, 0.2) is 60.2 Å². The standard InChI is InChI=1S/C25H26N2O5/c1-3-14-26-19-13-8-7-12-18(19)25(24(26)31)20(21(28)17-10-5-4-6-11-17)22(29)23(30)27(25)15-9-16-32-2/h4-8,10-13,28H,3,9,14-16H2,1-2H3/b21-20-. The molecule has 0 aliphatic carbocycles. The summed E-state index contributed by atoms with van der Waals surface area (Å²) in [4.78, 5) is 43.6. The third kappa shape index (κ3) is 3.04. The number of Topliss-reactive ketones (excluding diaryl/α,β-unsaturated/α-hetero) is 1. The van der Waals surface area contributed by atoms with Crippen molar-refractivity contribution in [2.24, 2.45) is 0 Å². The molecule has 1 fully saturated rings. The number of benzene rings is 2. The highest BCUT2D eigenvalue weighted by molar-refractivity contribution is 6.50. The summed E-state index contributed by atoms with van der Waals surface area (Å²) in [5.41, 5.74) is -0.319. The van der Waals surface area contributed by atoms with Gasteiger partial charge in [0, 0.05) is 37.9 Å². The zero-order valence-corrected chi connectivity index (χ0v) is 18.2. The number of para-hydroxylation sites is 1. The molecule has 1 atom stereocenters. The number of methoxy groups -OCH3 is 1. The van der Waals surface area contributed by atoms with Crippen LogP contribution in [0.2, 0.25) is 0 Å². The van der Waals surface area contributed by atoms with Crippen LogP contribution in [-0.4, -0.2) is 54.4 Å². The molecular formula is C25H26N2O5. The maximum Gasteiger partial charge on any atom is 0.296 e. The average Bonchev–Trinajstić information content (AvgIpc) is 3.19. The number of ketones is 1. The number of aliphatic hydroxyl groups excluding tert-OH is 1. The molecule has 0 radical (unpaired) electrons. The highest BCUT2D eigenvalue weighted by Gasteiger charge is 2.66. The lowest BCUT2D eigenvalue weighted by Gasteiger charge is -2.34. The number of nitrogens with zero attached hydrogens (tertiary/aromatic N) is 2. The molecule has 2 aliphatic rings. The number of ether oxygens (including phenoxy) is 1. The van der Waals surface area contributed by atoms with Gasteiger partial charge in [0.05, 0.1) is 11.3 Å². The molecular weight excluding hydrogens is 408 g/mol. The molecule has 2 aromatic carbocycles. The summed E-state index contributed by atoms with van der Waals surface area (Å²) < 4.78 is 5.13. The lowest BCUT2D eigenvalue weighted by atomic mass is 9.82. The van der Waals surface area contributed by atoms with Crippen LogP contribution in [0.1, 0.15) is 30.9 Å². The fourth-order valence-electron chi connectivity index (χ4n) is 4.72. The Labute approximate surface area is 186 Å². The Morgan fingerprint density at radius 1 is 1.00 bits per heavy atom. The highest BCUT2D eigenvalue weighted by Crippen LogP contribution is 2.53. The first kappa shape index (κ1) is 21.8. The van der Waals surface area contributed by atoms with Gasteiger partial charge in [-0.1, -0.05) is 55.5 Å². The topological polar surface area (TPSA) is 87.2 Å². The number of carbonyl (C=O) groups is 3. The van der Waals surface area contributed by atoms with E-state index in [1.165, 1.54) is 4.90 Å². The van der Waals surface area contributed by atoms with E-state index in [0.717, 1.165) is 0 Å². The van der Waals surface area contributed by atoms with Crippen molar-refractivity contribution in [2.45, 2.75) is 25.3 Å². The number of fused-ring (bicyclic) bond motifs is 2. The summed E-state index contributed by atoms with van der Waals surface area (Å²) in [5, 5.41) is 11.3. The molecule has 166 valence electrons. The molecule has 7 heteroatoms. The molecule has 1 saturated heterocycles.